The molecule has 0 saturated heterocycles. The molecule has 1 amide bonds. The molecular formula is C9H19ClN2O3. The van der Waals surface area contributed by atoms with Crippen LogP contribution in [0.5, 0.6) is 0 Å². The summed E-state index contributed by atoms with van der Waals surface area (Å²) in [7, 11) is 0. The number of rotatable bonds is 6. The summed E-state index contributed by atoms with van der Waals surface area (Å²) in [5.41, 5.74) is 5.57. The Bertz CT molecular complexity index is 210. The second kappa shape index (κ2) is 8.49. The molecule has 1 atom stereocenters. The molecule has 0 heterocycles. The van der Waals surface area contributed by atoms with Crippen LogP contribution >= 0.6 is 12.4 Å². The van der Waals surface area contributed by atoms with E-state index in [-0.39, 0.29) is 30.7 Å². The molecule has 6 heteroatoms. The van der Waals surface area contributed by atoms with E-state index < -0.39 is 12.0 Å². The first-order valence-corrected chi connectivity index (χ1v) is 4.70. The molecule has 0 saturated carbocycles. The Morgan fingerprint density at radius 3 is 2.33 bits per heavy atom. The maximum Gasteiger partial charge on any atom is 0.303 e. The van der Waals surface area contributed by atoms with Crippen LogP contribution in [0.2, 0.25) is 0 Å². The topological polar surface area (TPSA) is 92.4 Å². The van der Waals surface area contributed by atoms with Gasteiger partial charge in [0.25, 0.3) is 0 Å². The predicted molar refractivity (Wildman–Crippen MR) is 59.9 cm³/mol. The monoisotopic (exact) mass is 238 g/mol. The summed E-state index contributed by atoms with van der Waals surface area (Å²) in [5.74, 6) is -0.979. The van der Waals surface area contributed by atoms with Crippen molar-refractivity contribution in [3.63, 3.8) is 0 Å². The Morgan fingerprint density at radius 2 is 1.93 bits per heavy atom. The number of hydrogen-bond acceptors (Lipinski definition) is 3. The van der Waals surface area contributed by atoms with Crippen molar-refractivity contribution in [3.8, 4) is 0 Å². The lowest BCUT2D eigenvalue weighted by molar-refractivity contribution is -0.137. The highest BCUT2D eigenvalue weighted by molar-refractivity contribution is 5.85. The first-order chi connectivity index (χ1) is 6.45. The van der Waals surface area contributed by atoms with E-state index in [0.29, 0.717) is 13.0 Å². The molecule has 0 aromatic carbocycles. The smallest absolute Gasteiger partial charge is 0.303 e. The van der Waals surface area contributed by atoms with Crippen LogP contribution in [0.4, 0.5) is 0 Å². The van der Waals surface area contributed by atoms with Gasteiger partial charge >= 0.3 is 5.97 Å². The van der Waals surface area contributed by atoms with Crippen LogP contribution < -0.4 is 11.1 Å². The number of carboxylic acids is 1. The fourth-order valence-corrected chi connectivity index (χ4v) is 0.872. The van der Waals surface area contributed by atoms with Gasteiger partial charge in [0.1, 0.15) is 0 Å². The first-order valence-electron chi connectivity index (χ1n) is 4.70. The summed E-state index contributed by atoms with van der Waals surface area (Å²) in [6.07, 6.45) is 0.503. The van der Waals surface area contributed by atoms with Crippen molar-refractivity contribution in [3.05, 3.63) is 0 Å². The summed E-state index contributed by atoms with van der Waals surface area (Å²) in [6.45, 7) is 4.09. The van der Waals surface area contributed by atoms with Crippen LogP contribution in [0.3, 0.4) is 0 Å². The van der Waals surface area contributed by atoms with Crippen molar-refractivity contribution in [1.29, 1.82) is 0 Å². The minimum atomic E-state index is -0.854. The standard InChI is InChI=1S/C9H18N2O3.ClH/c1-6(2)8(10)9(14)11-5-3-4-7(12)13;/h6,8H,3-5,10H2,1-2H3,(H,11,14)(H,12,13);1H/t8-;/m0./s1. The molecule has 0 aromatic rings. The normalized spacial score (nSPS) is 11.7. The van der Waals surface area contributed by atoms with Crippen LogP contribution in [0.1, 0.15) is 26.7 Å². The molecule has 5 nitrogen and oxygen atoms in total. The molecule has 0 aromatic heterocycles. The highest BCUT2D eigenvalue weighted by Crippen LogP contribution is 1.97. The quantitative estimate of drug-likeness (QED) is 0.583. The Morgan fingerprint density at radius 1 is 1.40 bits per heavy atom. The van der Waals surface area contributed by atoms with E-state index in [9.17, 15) is 9.59 Å². The number of halogens is 1. The lowest BCUT2D eigenvalue weighted by Gasteiger charge is -2.14. The number of nitrogens with one attached hydrogen (secondary N) is 1. The summed E-state index contributed by atoms with van der Waals surface area (Å²) in [4.78, 5) is 21.4. The highest BCUT2D eigenvalue weighted by Gasteiger charge is 2.16. The number of carbonyl (C=O) groups is 2. The molecule has 0 fully saturated rings. The van der Waals surface area contributed by atoms with Crippen LogP contribution in [0.25, 0.3) is 0 Å². The third-order valence-corrected chi connectivity index (χ3v) is 1.89. The zero-order chi connectivity index (χ0) is 11.1. The Balaban J connectivity index is 0. The van der Waals surface area contributed by atoms with Gasteiger partial charge in [0, 0.05) is 13.0 Å². The molecule has 0 bridgehead atoms. The summed E-state index contributed by atoms with van der Waals surface area (Å²) in [5, 5.41) is 10.9. The average molecular weight is 239 g/mol. The number of carboxylic acid groups (broad SMARTS) is 1. The zero-order valence-corrected chi connectivity index (χ0v) is 9.84. The third-order valence-electron chi connectivity index (χ3n) is 1.89. The Kier molecular flexibility index (Phi) is 9.41. The van der Waals surface area contributed by atoms with E-state index in [4.69, 9.17) is 10.8 Å². The number of aliphatic carboxylic acids is 1. The van der Waals surface area contributed by atoms with E-state index in [1.165, 1.54) is 0 Å². The van der Waals surface area contributed by atoms with Gasteiger partial charge < -0.3 is 16.2 Å². The third kappa shape index (κ3) is 8.20. The van der Waals surface area contributed by atoms with Gasteiger partial charge in [-0.1, -0.05) is 13.8 Å². The lowest BCUT2D eigenvalue weighted by Crippen LogP contribution is -2.44. The maximum absolute atomic E-state index is 11.2. The van der Waals surface area contributed by atoms with Gasteiger partial charge in [0.2, 0.25) is 5.91 Å². The van der Waals surface area contributed by atoms with Gasteiger partial charge in [0.15, 0.2) is 0 Å². The van der Waals surface area contributed by atoms with Crippen molar-refractivity contribution >= 4 is 24.3 Å². The molecule has 0 aliphatic carbocycles. The van der Waals surface area contributed by atoms with Crippen LogP contribution in [-0.4, -0.2) is 29.6 Å². The molecule has 0 aliphatic rings. The van der Waals surface area contributed by atoms with E-state index in [1.807, 2.05) is 13.8 Å². The van der Waals surface area contributed by atoms with Gasteiger partial charge in [-0.3, -0.25) is 9.59 Å². The summed E-state index contributed by atoms with van der Waals surface area (Å²) in [6, 6.07) is -0.514. The van der Waals surface area contributed by atoms with E-state index >= 15 is 0 Å². The molecule has 0 unspecified atom stereocenters. The van der Waals surface area contributed by atoms with E-state index in [1.54, 1.807) is 0 Å². The molecule has 0 radical (unpaired) electrons. The summed E-state index contributed by atoms with van der Waals surface area (Å²) < 4.78 is 0. The molecule has 15 heavy (non-hydrogen) atoms. The molecule has 90 valence electrons. The van der Waals surface area contributed by atoms with Gasteiger partial charge in [-0.05, 0) is 12.3 Å². The lowest BCUT2D eigenvalue weighted by atomic mass is 10.1. The van der Waals surface area contributed by atoms with Crippen molar-refractivity contribution in [2.75, 3.05) is 6.54 Å². The number of hydrogen-bond donors (Lipinski definition) is 3. The van der Waals surface area contributed by atoms with E-state index in [2.05, 4.69) is 5.32 Å². The number of nitrogens with two attached hydrogens (primary N) is 1. The van der Waals surface area contributed by atoms with Crippen LogP contribution in [0, 0.1) is 5.92 Å². The molecular weight excluding hydrogens is 220 g/mol. The van der Waals surface area contributed by atoms with Crippen LogP contribution in [-0.2, 0) is 9.59 Å². The zero-order valence-electron chi connectivity index (χ0n) is 9.03. The summed E-state index contributed by atoms with van der Waals surface area (Å²) >= 11 is 0. The largest absolute Gasteiger partial charge is 0.481 e. The van der Waals surface area contributed by atoms with Gasteiger partial charge in [0.05, 0.1) is 6.04 Å². The molecule has 0 rings (SSSR count). The first kappa shape index (κ1) is 16.6. The Labute approximate surface area is 95.8 Å². The maximum atomic E-state index is 11.2. The molecule has 0 aliphatic heterocycles. The van der Waals surface area contributed by atoms with Crippen molar-refractivity contribution in [2.24, 2.45) is 11.7 Å². The highest BCUT2D eigenvalue weighted by atomic mass is 35.5. The second-order valence-corrected chi connectivity index (χ2v) is 3.56. The second-order valence-electron chi connectivity index (χ2n) is 3.56. The number of amides is 1. The SMILES string of the molecule is CC(C)[C@H](N)C(=O)NCCCC(=O)O.Cl. The van der Waals surface area contributed by atoms with Crippen molar-refractivity contribution in [1.82, 2.24) is 5.32 Å². The van der Waals surface area contributed by atoms with Crippen LogP contribution in [0.15, 0.2) is 0 Å². The minimum Gasteiger partial charge on any atom is -0.481 e. The average Bonchev–Trinajstić information content (AvgIpc) is 2.10. The van der Waals surface area contributed by atoms with E-state index in [0.717, 1.165) is 0 Å². The van der Waals surface area contributed by atoms with Gasteiger partial charge in [-0.15, -0.1) is 12.4 Å². The number of carbonyl (C=O) groups excluding carboxylic acids is 1. The van der Waals surface area contributed by atoms with Crippen molar-refractivity contribution in [2.45, 2.75) is 32.7 Å². The van der Waals surface area contributed by atoms with Crippen molar-refractivity contribution < 1.29 is 14.7 Å². The predicted octanol–water partition coefficient (Wildman–Crippen LogP) is 0.372. The van der Waals surface area contributed by atoms with Gasteiger partial charge in [-0.25, -0.2) is 0 Å². The minimum absolute atomic E-state index is 0. The fourth-order valence-electron chi connectivity index (χ4n) is 0.872. The Hall–Kier alpha value is -0.810. The molecule has 4 N–H and O–H groups in total. The van der Waals surface area contributed by atoms with Gasteiger partial charge in [-0.2, -0.15) is 0 Å². The fraction of sp³-hybridized carbons (Fsp3) is 0.778. The molecule has 0 spiro atoms.